The average molecular weight is 1400 g/mol. The largest absolute Gasteiger partial charge is 0.472 e. The zero-order valence-corrected chi connectivity index (χ0v) is 64.1. The van der Waals surface area contributed by atoms with E-state index in [4.69, 9.17) is 37.0 Å². The van der Waals surface area contributed by atoms with Gasteiger partial charge in [0.05, 0.1) is 26.4 Å². The number of unbranched alkanes of at least 4 members (excludes halogenated alkanes) is 38. The van der Waals surface area contributed by atoms with E-state index in [1.165, 1.54) is 180 Å². The lowest BCUT2D eigenvalue weighted by Crippen LogP contribution is -2.30. The van der Waals surface area contributed by atoms with Gasteiger partial charge in [0, 0.05) is 25.7 Å². The molecular formula is C76H148O17P2. The third-order valence-electron chi connectivity index (χ3n) is 17.9. The molecule has 0 spiro atoms. The van der Waals surface area contributed by atoms with Crippen molar-refractivity contribution < 1.29 is 80.2 Å². The van der Waals surface area contributed by atoms with Crippen LogP contribution in [0.2, 0.25) is 0 Å². The van der Waals surface area contributed by atoms with E-state index in [1.807, 2.05) is 0 Å². The molecule has 0 heterocycles. The van der Waals surface area contributed by atoms with Gasteiger partial charge in [0.25, 0.3) is 0 Å². The average Bonchev–Trinajstić information content (AvgIpc) is 3.07. The van der Waals surface area contributed by atoms with Crippen LogP contribution in [0.5, 0.6) is 0 Å². The van der Waals surface area contributed by atoms with E-state index in [0.29, 0.717) is 31.6 Å². The monoisotopic (exact) mass is 1400 g/mol. The van der Waals surface area contributed by atoms with E-state index in [1.54, 1.807) is 0 Å². The molecule has 17 nitrogen and oxygen atoms in total. The Morgan fingerprint density at radius 1 is 0.295 bits per heavy atom. The first-order valence-electron chi connectivity index (χ1n) is 39.2. The van der Waals surface area contributed by atoms with Gasteiger partial charge in [0.15, 0.2) is 12.2 Å². The quantitative estimate of drug-likeness (QED) is 0.0222. The third kappa shape index (κ3) is 69.0. The number of aliphatic hydroxyl groups excluding tert-OH is 1. The van der Waals surface area contributed by atoms with Crippen LogP contribution in [-0.2, 0) is 65.4 Å². The molecular weight excluding hydrogens is 1250 g/mol. The lowest BCUT2D eigenvalue weighted by Gasteiger charge is -2.21. The molecule has 0 aliphatic heterocycles. The summed E-state index contributed by atoms with van der Waals surface area (Å²) in [7, 11) is -9.91. The first-order valence-corrected chi connectivity index (χ1v) is 42.2. The fourth-order valence-corrected chi connectivity index (χ4v) is 13.1. The Bertz CT molecular complexity index is 1870. The smallest absolute Gasteiger partial charge is 0.462 e. The number of carbonyl (C=O) groups is 4. The van der Waals surface area contributed by atoms with E-state index in [9.17, 15) is 43.2 Å². The molecule has 6 atom stereocenters. The molecule has 564 valence electrons. The molecule has 0 aromatic carbocycles. The van der Waals surface area contributed by atoms with Crippen molar-refractivity contribution in [3.63, 3.8) is 0 Å². The summed E-state index contributed by atoms with van der Waals surface area (Å²) in [4.78, 5) is 72.7. The molecule has 0 fully saturated rings. The maximum absolute atomic E-state index is 13.1. The van der Waals surface area contributed by atoms with E-state index < -0.39 is 97.5 Å². The van der Waals surface area contributed by atoms with Gasteiger partial charge in [-0.3, -0.25) is 37.3 Å². The predicted molar refractivity (Wildman–Crippen MR) is 386 cm³/mol. The molecule has 0 rings (SSSR count). The lowest BCUT2D eigenvalue weighted by atomic mass is 9.99. The maximum Gasteiger partial charge on any atom is 0.472 e. The van der Waals surface area contributed by atoms with Crippen LogP contribution in [0.1, 0.15) is 383 Å². The number of esters is 4. The van der Waals surface area contributed by atoms with Crippen LogP contribution in [0.15, 0.2) is 0 Å². The maximum atomic E-state index is 13.1. The highest BCUT2D eigenvalue weighted by molar-refractivity contribution is 7.47. The Balaban J connectivity index is 5.18. The Labute approximate surface area is 581 Å². The van der Waals surface area contributed by atoms with Crippen molar-refractivity contribution in [1.82, 2.24) is 0 Å². The summed E-state index contributed by atoms with van der Waals surface area (Å²) in [6.07, 6.45) is 50.2. The van der Waals surface area contributed by atoms with Gasteiger partial charge in [0.2, 0.25) is 0 Å². The summed E-state index contributed by atoms with van der Waals surface area (Å²) in [5.41, 5.74) is 0. The van der Waals surface area contributed by atoms with Crippen LogP contribution in [0.25, 0.3) is 0 Å². The van der Waals surface area contributed by atoms with Gasteiger partial charge in [-0.2, -0.15) is 0 Å². The minimum Gasteiger partial charge on any atom is -0.462 e. The van der Waals surface area contributed by atoms with Crippen LogP contribution < -0.4 is 0 Å². The van der Waals surface area contributed by atoms with Gasteiger partial charge >= 0.3 is 39.5 Å². The summed E-state index contributed by atoms with van der Waals surface area (Å²) in [5.74, 6) is 0.906. The Morgan fingerprint density at radius 2 is 0.505 bits per heavy atom. The van der Waals surface area contributed by atoms with Crippen LogP contribution in [0, 0.1) is 23.7 Å². The molecule has 95 heavy (non-hydrogen) atoms. The van der Waals surface area contributed by atoms with Crippen molar-refractivity contribution in [2.24, 2.45) is 23.7 Å². The van der Waals surface area contributed by atoms with Gasteiger partial charge in [0.1, 0.15) is 19.3 Å². The summed E-state index contributed by atoms with van der Waals surface area (Å²) in [5, 5.41) is 10.6. The molecule has 0 saturated heterocycles. The fourth-order valence-electron chi connectivity index (χ4n) is 11.5. The summed E-state index contributed by atoms with van der Waals surface area (Å²) >= 11 is 0. The molecule has 0 saturated carbocycles. The van der Waals surface area contributed by atoms with Crippen molar-refractivity contribution >= 4 is 39.5 Å². The highest BCUT2D eigenvalue weighted by atomic mass is 31.2. The number of aliphatic hydroxyl groups is 1. The molecule has 0 amide bonds. The first-order chi connectivity index (χ1) is 45.6. The van der Waals surface area contributed by atoms with Gasteiger partial charge in [-0.15, -0.1) is 0 Å². The number of phosphoric acid groups is 2. The van der Waals surface area contributed by atoms with E-state index in [2.05, 4.69) is 55.4 Å². The summed E-state index contributed by atoms with van der Waals surface area (Å²) in [6, 6.07) is 0. The minimum absolute atomic E-state index is 0.104. The third-order valence-corrected chi connectivity index (χ3v) is 19.8. The predicted octanol–water partition coefficient (Wildman–Crippen LogP) is 22.0. The van der Waals surface area contributed by atoms with E-state index in [-0.39, 0.29) is 25.7 Å². The highest BCUT2D eigenvalue weighted by Gasteiger charge is 2.30. The Hall–Kier alpha value is -1.94. The summed E-state index contributed by atoms with van der Waals surface area (Å²) < 4.78 is 68.4. The standard InChI is InChI=1S/C76H148O17P2/c1-9-69(8)55-47-39-30-24-18-16-14-12-10-11-13-15-17-19-25-32-42-50-58-75(80)92-71(62-86-73(78)56-48-40-31-26-20-22-28-36-44-52-66(2)3)64-90-94(82,83)88-60-70(77)61-89-95(84,85)91-65-72(63-87-74(79)57-49-41-35-34-38-46-54-68(6)7)93-76(81)59-51-43-33-27-21-23-29-37-45-53-67(4)5/h66-72,77H,9-65H2,1-8H3,(H,82,83)(H,84,85)/t69?,70-,71-,72-/m1/s1. The zero-order chi connectivity index (χ0) is 70.3. The second-order valence-corrected chi connectivity index (χ2v) is 32.0. The van der Waals surface area contributed by atoms with Crippen LogP contribution in [0.3, 0.4) is 0 Å². The topological polar surface area (TPSA) is 237 Å². The van der Waals surface area contributed by atoms with Crippen LogP contribution >= 0.6 is 15.6 Å². The molecule has 0 bridgehead atoms. The number of ether oxygens (including phenoxy) is 4. The normalized spacial score (nSPS) is 14.4. The zero-order valence-electron chi connectivity index (χ0n) is 62.3. The minimum atomic E-state index is -4.96. The van der Waals surface area contributed by atoms with Crippen LogP contribution in [-0.4, -0.2) is 96.7 Å². The molecule has 0 aromatic heterocycles. The van der Waals surface area contributed by atoms with Crippen molar-refractivity contribution in [3.05, 3.63) is 0 Å². The lowest BCUT2D eigenvalue weighted by molar-refractivity contribution is -0.161. The molecule has 0 aliphatic rings. The Morgan fingerprint density at radius 3 is 0.747 bits per heavy atom. The number of phosphoric ester groups is 2. The highest BCUT2D eigenvalue weighted by Crippen LogP contribution is 2.45. The Kier molecular flexibility index (Phi) is 64.0. The molecule has 3 unspecified atom stereocenters. The van der Waals surface area contributed by atoms with E-state index in [0.717, 1.165) is 114 Å². The summed E-state index contributed by atoms with van der Waals surface area (Å²) in [6.45, 7) is 14.1. The van der Waals surface area contributed by atoms with Gasteiger partial charge in [-0.25, -0.2) is 9.13 Å². The van der Waals surface area contributed by atoms with Gasteiger partial charge in [-0.05, 0) is 49.4 Å². The van der Waals surface area contributed by atoms with Gasteiger partial charge < -0.3 is 33.8 Å². The SMILES string of the molecule is CCC(C)CCCCCCCCCCCCCCCCCCCCC(=O)O[C@H](COC(=O)CCCCCCCCCCCC(C)C)COP(=O)(O)OC[C@@H](O)COP(=O)(O)OC[C@@H](COC(=O)CCCCCCCCC(C)C)OC(=O)CCCCCCCCCCCC(C)C. The number of hydrogen-bond acceptors (Lipinski definition) is 15. The van der Waals surface area contributed by atoms with Gasteiger partial charge in [-0.1, -0.05) is 331 Å². The molecule has 0 radical (unpaired) electrons. The second-order valence-electron chi connectivity index (χ2n) is 29.1. The molecule has 0 aliphatic carbocycles. The number of rotatable bonds is 73. The molecule has 3 N–H and O–H groups in total. The fraction of sp³-hybridized carbons (Fsp3) is 0.947. The van der Waals surface area contributed by atoms with Crippen molar-refractivity contribution in [3.8, 4) is 0 Å². The molecule has 0 aromatic rings. The van der Waals surface area contributed by atoms with Crippen molar-refractivity contribution in [2.75, 3.05) is 39.6 Å². The number of carbonyl (C=O) groups excluding carboxylic acids is 4. The van der Waals surface area contributed by atoms with Crippen molar-refractivity contribution in [1.29, 1.82) is 0 Å². The van der Waals surface area contributed by atoms with E-state index >= 15 is 0 Å². The first kappa shape index (κ1) is 93.1. The number of hydrogen-bond donors (Lipinski definition) is 3. The second kappa shape index (κ2) is 65.4. The van der Waals surface area contributed by atoms with Crippen LogP contribution in [0.4, 0.5) is 0 Å². The molecule has 19 heteroatoms. The van der Waals surface area contributed by atoms with Crippen molar-refractivity contribution in [2.45, 2.75) is 401 Å².